The van der Waals surface area contributed by atoms with Crippen LogP contribution in [0, 0.1) is 0 Å². The molecule has 0 aromatic rings. The molecule has 0 heterocycles. The van der Waals surface area contributed by atoms with Crippen molar-refractivity contribution >= 4 is 59.1 Å². The van der Waals surface area contributed by atoms with Crippen molar-refractivity contribution in [2.45, 2.75) is 198 Å². The van der Waals surface area contributed by atoms with E-state index in [4.69, 9.17) is 40.1 Å². The third-order valence-corrected chi connectivity index (χ3v) is 11.8. The summed E-state index contributed by atoms with van der Waals surface area (Å²) >= 11 is 0. The Morgan fingerprint density at radius 3 is 0.685 bits per heavy atom. The minimum atomic E-state index is -1.24. The standard InChI is InChI=1S/C47H92N16O10/c1-29(39(54)65)55-42(68)34(18-6-12-24-49)62-46(72)37(21-9-15-27-52)59-41(67)31(3)57-44(70)36(20-8-14-26-51)63-47(73)38(22-10-16-28-53)60-40(66)30(2)56-43(69)35(19-7-13-25-50)61-45(71)33(58-32(4)64)17-5-11-23-48/h29-31,33-38H,5-28,48-53H2,1-4H3,(H2,54,65)(H,55,68)(H,56,69)(H,57,70)(H,58,64)(H,59,67)(H,60,66)(H,61,71)(H,62,72)(H,63,73)/t29-,30-,31-,33-,34-,35-,36-,37-,38-/m0/s1. The lowest BCUT2D eigenvalue weighted by atomic mass is 10.0. The van der Waals surface area contributed by atoms with Crippen molar-refractivity contribution in [3.05, 3.63) is 0 Å². The van der Waals surface area contributed by atoms with Crippen LogP contribution >= 0.6 is 0 Å². The maximum atomic E-state index is 14.0. The zero-order chi connectivity index (χ0) is 55.3. The number of nitrogens with two attached hydrogens (primary N) is 7. The molecule has 0 bridgehead atoms. The minimum absolute atomic E-state index is 0.0955. The predicted molar refractivity (Wildman–Crippen MR) is 277 cm³/mol. The number of hydrogen-bond donors (Lipinski definition) is 16. The number of hydrogen-bond acceptors (Lipinski definition) is 16. The molecule has 10 amide bonds. The van der Waals surface area contributed by atoms with Gasteiger partial charge in [-0.2, -0.15) is 0 Å². The first-order valence-corrected chi connectivity index (χ1v) is 25.9. The SMILES string of the molecule is CC(=O)N[C@@H](CCCCN)C(=O)N[C@@H](CCCCN)C(=O)N[C@@H](C)C(=O)N[C@@H](CCCCN)C(=O)N[C@@H](CCCCN)C(=O)N[C@@H](C)C(=O)N[C@@H](CCCCN)C(=O)N[C@@H](CCCCN)C(=O)N[C@@H](C)C(N)=O. The van der Waals surface area contributed by atoms with E-state index in [1.807, 2.05) is 0 Å². The Labute approximate surface area is 430 Å². The summed E-state index contributed by atoms with van der Waals surface area (Å²) in [6.07, 6.45) is 6.90. The van der Waals surface area contributed by atoms with Gasteiger partial charge >= 0.3 is 0 Å². The van der Waals surface area contributed by atoms with Crippen molar-refractivity contribution in [1.82, 2.24) is 47.9 Å². The molecule has 0 aliphatic heterocycles. The first kappa shape index (κ1) is 67.5. The van der Waals surface area contributed by atoms with Gasteiger partial charge in [-0.05, 0) is 176 Å². The number of nitrogens with one attached hydrogen (secondary N) is 9. The van der Waals surface area contributed by atoms with E-state index < -0.39 is 113 Å². The van der Waals surface area contributed by atoms with Crippen LogP contribution in [0.15, 0.2) is 0 Å². The second kappa shape index (κ2) is 39.9. The molecule has 0 aromatic carbocycles. The molecule has 26 heteroatoms. The van der Waals surface area contributed by atoms with Gasteiger partial charge in [-0.15, -0.1) is 0 Å². The second-order valence-corrected chi connectivity index (χ2v) is 18.4. The van der Waals surface area contributed by atoms with Gasteiger partial charge < -0.3 is 88.0 Å². The fourth-order valence-corrected chi connectivity index (χ4v) is 7.37. The van der Waals surface area contributed by atoms with Crippen molar-refractivity contribution in [1.29, 1.82) is 0 Å². The van der Waals surface area contributed by atoms with Crippen molar-refractivity contribution < 1.29 is 47.9 Å². The van der Waals surface area contributed by atoms with E-state index in [-0.39, 0.29) is 45.1 Å². The highest BCUT2D eigenvalue weighted by molar-refractivity contribution is 5.98. The van der Waals surface area contributed by atoms with Gasteiger partial charge in [0.15, 0.2) is 0 Å². The van der Waals surface area contributed by atoms with E-state index in [9.17, 15) is 47.9 Å². The quantitative estimate of drug-likeness (QED) is 0.0257. The maximum absolute atomic E-state index is 14.0. The molecule has 73 heavy (non-hydrogen) atoms. The van der Waals surface area contributed by atoms with Crippen LogP contribution in [0.4, 0.5) is 0 Å². The van der Waals surface area contributed by atoms with E-state index in [0.29, 0.717) is 110 Å². The Hall–Kier alpha value is -5.54. The molecule has 0 fully saturated rings. The fraction of sp³-hybridized carbons (Fsp3) is 0.787. The van der Waals surface area contributed by atoms with E-state index in [1.165, 1.54) is 27.7 Å². The Bertz CT molecular complexity index is 1710. The van der Waals surface area contributed by atoms with E-state index in [1.54, 1.807) is 0 Å². The topological polar surface area (TPSA) is 461 Å². The van der Waals surface area contributed by atoms with Crippen molar-refractivity contribution in [3.63, 3.8) is 0 Å². The maximum Gasteiger partial charge on any atom is 0.243 e. The van der Waals surface area contributed by atoms with Crippen molar-refractivity contribution in [3.8, 4) is 0 Å². The Kier molecular flexibility index (Phi) is 36.9. The van der Waals surface area contributed by atoms with Crippen LogP contribution in [-0.2, 0) is 47.9 Å². The van der Waals surface area contributed by atoms with Gasteiger partial charge in [-0.1, -0.05) is 0 Å². The Morgan fingerprint density at radius 1 is 0.288 bits per heavy atom. The summed E-state index contributed by atoms with van der Waals surface area (Å²) < 4.78 is 0. The molecule has 0 aromatic heterocycles. The molecule has 0 rings (SSSR count). The van der Waals surface area contributed by atoms with Gasteiger partial charge in [0, 0.05) is 6.92 Å². The molecule has 0 radical (unpaired) electrons. The molecule has 0 aliphatic rings. The molecule has 420 valence electrons. The summed E-state index contributed by atoms with van der Waals surface area (Å²) in [5.41, 5.74) is 39.4. The molecular weight excluding hydrogens is 949 g/mol. The highest BCUT2D eigenvalue weighted by atomic mass is 16.2. The summed E-state index contributed by atoms with van der Waals surface area (Å²) in [5, 5.41) is 23.7. The van der Waals surface area contributed by atoms with E-state index in [2.05, 4.69) is 47.9 Å². The molecular formula is C47H92N16O10. The lowest BCUT2D eigenvalue weighted by Gasteiger charge is -2.27. The van der Waals surface area contributed by atoms with Crippen LogP contribution in [0.5, 0.6) is 0 Å². The highest BCUT2D eigenvalue weighted by Crippen LogP contribution is 2.10. The number of unbranched alkanes of at least 4 members (excludes halogenated alkanes) is 6. The van der Waals surface area contributed by atoms with Gasteiger partial charge in [0.2, 0.25) is 59.1 Å². The summed E-state index contributed by atoms with van der Waals surface area (Å²) in [7, 11) is 0. The molecule has 9 atom stereocenters. The van der Waals surface area contributed by atoms with Gasteiger partial charge in [0.05, 0.1) is 0 Å². The first-order chi connectivity index (χ1) is 34.7. The van der Waals surface area contributed by atoms with Crippen LogP contribution in [0.3, 0.4) is 0 Å². The lowest BCUT2D eigenvalue weighted by Crippen LogP contribution is -2.59. The minimum Gasteiger partial charge on any atom is -0.368 e. The van der Waals surface area contributed by atoms with Crippen molar-refractivity contribution in [2.75, 3.05) is 39.3 Å². The molecule has 23 N–H and O–H groups in total. The van der Waals surface area contributed by atoms with Crippen molar-refractivity contribution in [2.24, 2.45) is 40.1 Å². The number of carbonyl (C=O) groups excluding carboxylic acids is 10. The van der Waals surface area contributed by atoms with Gasteiger partial charge in [0.1, 0.15) is 54.4 Å². The van der Waals surface area contributed by atoms with Crippen LogP contribution in [0.25, 0.3) is 0 Å². The van der Waals surface area contributed by atoms with Crippen LogP contribution in [-0.4, -0.2) is 153 Å². The van der Waals surface area contributed by atoms with Gasteiger partial charge in [0.25, 0.3) is 0 Å². The third-order valence-electron chi connectivity index (χ3n) is 11.8. The fourth-order valence-electron chi connectivity index (χ4n) is 7.37. The predicted octanol–water partition coefficient (Wildman–Crippen LogP) is -4.31. The zero-order valence-electron chi connectivity index (χ0n) is 43.8. The normalized spacial score (nSPS) is 14.8. The van der Waals surface area contributed by atoms with E-state index in [0.717, 1.165) is 0 Å². The third kappa shape index (κ3) is 29.7. The monoisotopic (exact) mass is 1040 g/mol. The lowest BCUT2D eigenvalue weighted by molar-refractivity contribution is -0.136. The number of carbonyl (C=O) groups is 10. The average molecular weight is 1040 g/mol. The summed E-state index contributed by atoms with van der Waals surface area (Å²) in [4.78, 5) is 133. The van der Waals surface area contributed by atoms with Crippen LogP contribution in [0.1, 0.15) is 143 Å². The van der Waals surface area contributed by atoms with Gasteiger partial charge in [-0.25, -0.2) is 0 Å². The zero-order valence-corrected chi connectivity index (χ0v) is 43.8. The highest BCUT2D eigenvalue weighted by Gasteiger charge is 2.33. The molecule has 0 spiro atoms. The molecule has 26 nitrogen and oxygen atoms in total. The van der Waals surface area contributed by atoms with Crippen LogP contribution < -0.4 is 88.0 Å². The number of amides is 10. The van der Waals surface area contributed by atoms with E-state index >= 15 is 0 Å². The summed E-state index contributed by atoms with van der Waals surface area (Å²) in [5.74, 6) is -6.78. The van der Waals surface area contributed by atoms with Gasteiger partial charge in [-0.3, -0.25) is 47.9 Å². The molecule has 0 aliphatic carbocycles. The second-order valence-electron chi connectivity index (χ2n) is 18.4. The first-order valence-electron chi connectivity index (χ1n) is 25.9. The number of rotatable bonds is 42. The largest absolute Gasteiger partial charge is 0.368 e. The smallest absolute Gasteiger partial charge is 0.243 e. The molecule has 0 saturated heterocycles. The van der Waals surface area contributed by atoms with Crippen LogP contribution in [0.2, 0.25) is 0 Å². The Morgan fingerprint density at radius 2 is 0.479 bits per heavy atom. The average Bonchev–Trinajstić information content (AvgIpc) is 3.34. The summed E-state index contributed by atoms with van der Waals surface area (Å²) in [6.45, 7) is 7.44. The summed E-state index contributed by atoms with van der Waals surface area (Å²) in [6, 6.07) is -10.2. The number of primary amides is 1. The molecule has 0 saturated carbocycles. The molecule has 0 unspecified atom stereocenters. The Balaban J connectivity index is 6.31.